The smallest absolute Gasteiger partial charge is 0.273 e. The number of rotatable bonds is 7. The van der Waals surface area contributed by atoms with E-state index in [4.69, 9.17) is 0 Å². The van der Waals surface area contributed by atoms with Crippen LogP contribution in [0.2, 0.25) is 0 Å². The van der Waals surface area contributed by atoms with Gasteiger partial charge in [0.2, 0.25) is 0 Å². The van der Waals surface area contributed by atoms with E-state index in [-0.39, 0.29) is 44.0 Å². The summed E-state index contributed by atoms with van der Waals surface area (Å²) in [5.41, 5.74) is -0.787. The largest absolute Gasteiger partial charge is 0.292 e. The van der Waals surface area contributed by atoms with Crippen molar-refractivity contribution < 1.29 is 29.0 Å². The summed E-state index contributed by atoms with van der Waals surface area (Å²) in [4.78, 5) is 74.8. The third kappa shape index (κ3) is 4.11. The number of nitrogens with zero attached hydrogens (tertiary/aromatic N) is 4. The quantitative estimate of drug-likeness (QED) is 0.145. The number of amides is 3. The van der Waals surface area contributed by atoms with Gasteiger partial charge in [-0.15, -0.1) is 0 Å². The van der Waals surface area contributed by atoms with Crippen LogP contribution in [0.15, 0.2) is 48.5 Å². The van der Waals surface area contributed by atoms with E-state index >= 15 is 0 Å². The number of nitro groups is 2. The first-order chi connectivity index (χ1) is 18.0. The van der Waals surface area contributed by atoms with Crippen molar-refractivity contribution in [1.29, 1.82) is 0 Å². The number of alkyl halides is 2. The maximum atomic E-state index is 13.6. The Morgan fingerprint density at radius 2 is 1.42 bits per heavy atom. The molecule has 0 spiro atoms. The number of ketones is 1. The molecule has 3 amide bonds. The van der Waals surface area contributed by atoms with Crippen LogP contribution < -0.4 is 0 Å². The van der Waals surface area contributed by atoms with E-state index in [9.17, 15) is 39.4 Å². The molecule has 2 aromatic carbocycles. The van der Waals surface area contributed by atoms with Crippen LogP contribution in [0.5, 0.6) is 0 Å². The van der Waals surface area contributed by atoms with Gasteiger partial charge < -0.3 is 0 Å². The first kappa shape index (κ1) is 26.1. The number of nitro benzene ring substituents is 2. The molecule has 0 aromatic heterocycles. The molecule has 14 heteroatoms. The van der Waals surface area contributed by atoms with Crippen LogP contribution in [-0.4, -0.2) is 59.6 Å². The fraction of sp³-hybridized carbons (Fsp3) is 0.333. The van der Waals surface area contributed by atoms with Crippen LogP contribution >= 0.6 is 31.9 Å². The monoisotopic (exact) mass is 648 g/mol. The molecule has 5 rings (SSSR count). The summed E-state index contributed by atoms with van der Waals surface area (Å²) in [6, 6.07) is 9.44. The highest BCUT2D eigenvalue weighted by Crippen LogP contribution is 2.60. The lowest BCUT2D eigenvalue weighted by Gasteiger charge is -2.30. The Kier molecular flexibility index (Phi) is 6.63. The molecule has 2 saturated carbocycles. The zero-order chi connectivity index (χ0) is 27.5. The Labute approximate surface area is 231 Å². The third-order valence-electron chi connectivity index (χ3n) is 7.44. The average molecular weight is 650 g/mol. The molecule has 1 aliphatic heterocycles. The topological polar surface area (TPSA) is 161 Å². The van der Waals surface area contributed by atoms with Crippen molar-refractivity contribution in [3.63, 3.8) is 0 Å². The molecule has 2 aromatic rings. The molecule has 1 saturated heterocycles. The van der Waals surface area contributed by atoms with Gasteiger partial charge in [-0.05, 0) is 36.5 Å². The third-order valence-corrected chi connectivity index (χ3v) is 10.6. The number of hydrogen-bond acceptors (Lipinski definition) is 8. The number of benzene rings is 2. The fourth-order valence-electron chi connectivity index (χ4n) is 5.70. The first-order valence-electron chi connectivity index (χ1n) is 11.5. The number of carbonyl (C=O) groups is 4. The molecule has 6 atom stereocenters. The second-order valence-electron chi connectivity index (χ2n) is 9.39. The van der Waals surface area contributed by atoms with E-state index in [1.165, 1.54) is 30.3 Å². The molecule has 196 valence electrons. The van der Waals surface area contributed by atoms with Gasteiger partial charge in [-0.1, -0.05) is 37.9 Å². The van der Waals surface area contributed by atoms with Gasteiger partial charge in [0, 0.05) is 45.0 Å². The number of hydrogen-bond donors (Lipinski definition) is 0. The molecule has 0 N–H and O–H groups in total. The van der Waals surface area contributed by atoms with Crippen molar-refractivity contribution in [3.05, 3.63) is 79.9 Å². The molecule has 3 aliphatic rings. The molecular formula is C24H18Br2N4O8. The minimum atomic E-state index is -0.941. The number of halogens is 2. The van der Waals surface area contributed by atoms with Gasteiger partial charge in [-0.3, -0.25) is 39.4 Å². The number of imide groups is 1. The number of hydrazine groups is 1. The summed E-state index contributed by atoms with van der Waals surface area (Å²) in [7, 11) is 0. The van der Waals surface area contributed by atoms with Gasteiger partial charge in [0.15, 0.2) is 5.78 Å². The van der Waals surface area contributed by atoms with Gasteiger partial charge in [-0.2, -0.15) is 5.01 Å². The predicted molar refractivity (Wildman–Crippen MR) is 137 cm³/mol. The maximum Gasteiger partial charge on any atom is 0.273 e. The summed E-state index contributed by atoms with van der Waals surface area (Å²) in [6.07, 6.45) is 0.660. The van der Waals surface area contributed by atoms with Crippen molar-refractivity contribution in [2.75, 3.05) is 6.54 Å². The molecule has 3 fully saturated rings. The number of fused-ring (bicyclic) bond motifs is 5. The summed E-state index contributed by atoms with van der Waals surface area (Å²) in [5.74, 6) is -4.45. The van der Waals surface area contributed by atoms with Crippen molar-refractivity contribution in [2.45, 2.75) is 16.1 Å². The normalized spacial score (nSPS) is 27.4. The minimum absolute atomic E-state index is 0.0212. The van der Waals surface area contributed by atoms with Crippen molar-refractivity contribution >= 4 is 66.7 Å². The van der Waals surface area contributed by atoms with E-state index in [1.807, 2.05) is 0 Å². The van der Waals surface area contributed by atoms with Crippen LogP contribution in [0, 0.1) is 43.9 Å². The highest BCUT2D eigenvalue weighted by atomic mass is 79.9. The molecule has 12 nitrogen and oxygen atoms in total. The molecule has 2 aliphatic carbocycles. The molecule has 0 radical (unpaired) electrons. The highest BCUT2D eigenvalue weighted by Gasteiger charge is 2.67. The molecule has 1 heterocycles. The van der Waals surface area contributed by atoms with Crippen LogP contribution in [-0.2, 0) is 9.59 Å². The number of non-ortho nitro benzene ring substituents is 2. The standard InChI is InChI=1S/C24H18Br2N4O8/c25-20-15-9-16(21(20)26)19-18(15)23(33)28(24(19)34)27(22(32)12-2-1-3-14(8-12)30(37)38)10-17(31)11-4-6-13(7-5-11)29(35)36/h1-8,15-16,18-21H,9-10H2/t15-,16-,18-,19+,20-,21+/m1/s1. The van der Waals surface area contributed by atoms with Crippen LogP contribution in [0.25, 0.3) is 0 Å². The van der Waals surface area contributed by atoms with E-state index in [1.54, 1.807) is 0 Å². The summed E-state index contributed by atoms with van der Waals surface area (Å²) in [6.45, 7) is -0.735. The lowest BCUT2D eigenvalue weighted by Crippen LogP contribution is -2.52. The zero-order valence-corrected chi connectivity index (χ0v) is 22.5. The summed E-state index contributed by atoms with van der Waals surface area (Å²) in [5, 5.41) is 23.7. The van der Waals surface area contributed by atoms with Gasteiger partial charge in [0.25, 0.3) is 29.1 Å². The average Bonchev–Trinajstić information content (AvgIpc) is 3.51. The predicted octanol–water partition coefficient (Wildman–Crippen LogP) is 3.52. The van der Waals surface area contributed by atoms with Crippen molar-refractivity contribution in [3.8, 4) is 0 Å². The first-order valence-corrected chi connectivity index (χ1v) is 13.3. The van der Waals surface area contributed by atoms with E-state index in [0.717, 1.165) is 23.2 Å². The van der Waals surface area contributed by atoms with Gasteiger partial charge in [0.05, 0.1) is 21.7 Å². The zero-order valence-electron chi connectivity index (χ0n) is 19.3. The molecule has 2 bridgehead atoms. The Morgan fingerprint density at radius 3 is 1.95 bits per heavy atom. The van der Waals surface area contributed by atoms with Crippen LogP contribution in [0.4, 0.5) is 11.4 Å². The minimum Gasteiger partial charge on any atom is -0.292 e. The molecular weight excluding hydrogens is 632 g/mol. The maximum absolute atomic E-state index is 13.6. The van der Waals surface area contributed by atoms with Crippen molar-refractivity contribution in [1.82, 2.24) is 10.0 Å². The Bertz CT molecular complexity index is 1370. The Morgan fingerprint density at radius 1 is 0.868 bits per heavy atom. The second kappa shape index (κ2) is 9.66. The Hall–Kier alpha value is -3.52. The summed E-state index contributed by atoms with van der Waals surface area (Å²) < 4.78 is 0. The molecule has 0 unspecified atom stereocenters. The number of Topliss-reactive ketones (excluding diaryl/α,β-unsaturated/α-hetero) is 1. The van der Waals surface area contributed by atoms with Crippen LogP contribution in [0.3, 0.4) is 0 Å². The lowest BCUT2D eigenvalue weighted by molar-refractivity contribution is -0.385. The van der Waals surface area contributed by atoms with E-state index in [2.05, 4.69) is 31.9 Å². The Balaban J connectivity index is 1.51. The fourth-order valence-corrected chi connectivity index (χ4v) is 7.58. The van der Waals surface area contributed by atoms with Crippen LogP contribution in [0.1, 0.15) is 27.1 Å². The van der Waals surface area contributed by atoms with Crippen molar-refractivity contribution in [2.24, 2.45) is 23.7 Å². The van der Waals surface area contributed by atoms with E-state index in [0.29, 0.717) is 11.4 Å². The second-order valence-corrected chi connectivity index (χ2v) is 11.5. The van der Waals surface area contributed by atoms with Gasteiger partial charge in [0.1, 0.15) is 6.54 Å². The number of carbonyl (C=O) groups excluding carboxylic acids is 4. The SMILES string of the molecule is O=C(CN(C(=O)c1cccc([N+](=O)[O-])c1)N1C(=O)[C@@H]2[C@H]3C[C@@H]([C@H](Br)[C@@H]3Br)[C@@H]2C1=O)c1ccc([N+](=O)[O-])cc1. The highest BCUT2D eigenvalue weighted by molar-refractivity contribution is 9.12. The van der Waals surface area contributed by atoms with Gasteiger partial charge in [-0.25, -0.2) is 5.01 Å². The van der Waals surface area contributed by atoms with Gasteiger partial charge >= 0.3 is 0 Å². The lowest BCUT2D eigenvalue weighted by atomic mass is 9.81. The molecule has 38 heavy (non-hydrogen) atoms. The van der Waals surface area contributed by atoms with E-state index < -0.39 is 51.7 Å². The summed E-state index contributed by atoms with van der Waals surface area (Å²) >= 11 is 7.20.